The molecule has 0 fully saturated rings. The van der Waals surface area contributed by atoms with Gasteiger partial charge in [0.2, 0.25) is 5.76 Å². The van der Waals surface area contributed by atoms with Crippen molar-refractivity contribution in [1.29, 1.82) is 0 Å². The minimum Gasteiger partial charge on any atom is -0.438 e. The summed E-state index contributed by atoms with van der Waals surface area (Å²) in [7, 11) is 0. The molecule has 15 heavy (non-hydrogen) atoms. The fourth-order valence-electron chi connectivity index (χ4n) is 0.980. The van der Waals surface area contributed by atoms with Crippen LogP contribution < -0.4 is 5.32 Å². The molecular weight excluding hydrogens is 200 g/mol. The number of aliphatic hydroxyl groups excluding tert-OH is 2. The van der Waals surface area contributed by atoms with Crippen molar-refractivity contribution in [2.75, 3.05) is 13.2 Å². The quantitative estimate of drug-likeness (QED) is 0.625. The van der Waals surface area contributed by atoms with Gasteiger partial charge in [-0.2, -0.15) is 0 Å². The lowest BCUT2D eigenvalue weighted by atomic mass is 10.1. The Morgan fingerprint density at radius 1 is 1.60 bits per heavy atom. The van der Waals surface area contributed by atoms with Crippen LogP contribution in [0.25, 0.3) is 0 Å². The topological polar surface area (TPSA) is 95.6 Å². The monoisotopic (exact) mass is 214 g/mol. The number of aliphatic hydroxyl groups is 2. The highest BCUT2D eigenvalue weighted by Crippen LogP contribution is 2.08. The van der Waals surface area contributed by atoms with E-state index in [1.807, 2.05) is 0 Å². The van der Waals surface area contributed by atoms with E-state index in [-0.39, 0.29) is 19.0 Å². The maximum absolute atomic E-state index is 11.6. The van der Waals surface area contributed by atoms with Gasteiger partial charge in [-0.3, -0.25) is 4.79 Å². The number of nitrogens with one attached hydrogen (secondary N) is 1. The van der Waals surface area contributed by atoms with E-state index in [4.69, 9.17) is 14.6 Å². The third-order valence-electron chi connectivity index (χ3n) is 2.07. The molecule has 0 saturated heterocycles. The predicted octanol–water partition coefficient (Wildman–Crippen LogP) is -0.544. The summed E-state index contributed by atoms with van der Waals surface area (Å²) in [5, 5.41) is 20.4. The van der Waals surface area contributed by atoms with Crippen molar-refractivity contribution >= 4 is 5.91 Å². The second-order valence-electron chi connectivity index (χ2n) is 3.60. The van der Waals surface area contributed by atoms with Crippen molar-refractivity contribution in [2.45, 2.75) is 19.4 Å². The first-order chi connectivity index (χ1) is 7.02. The van der Waals surface area contributed by atoms with Crippen LogP contribution in [-0.4, -0.2) is 39.9 Å². The van der Waals surface area contributed by atoms with Crippen LogP contribution in [0.1, 0.15) is 23.2 Å². The lowest BCUT2D eigenvalue weighted by Gasteiger charge is -2.25. The summed E-state index contributed by atoms with van der Waals surface area (Å²) >= 11 is 0. The third kappa shape index (κ3) is 2.54. The lowest BCUT2D eigenvalue weighted by molar-refractivity contribution is 0.0700. The van der Waals surface area contributed by atoms with Crippen molar-refractivity contribution in [3.63, 3.8) is 0 Å². The van der Waals surface area contributed by atoms with Crippen LogP contribution in [0.5, 0.6) is 0 Å². The summed E-state index contributed by atoms with van der Waals surface area (Å²) < 4.78 is 4.87. The zero-order chi connectivity index (χ0) is 11.5. The zero-order valence-corrected chi connectivity index (χ0v) is 8.65. The number of oxazole rings is 1. The van der Waals surface area contributed by atoms with E-state index in [2.05, 4.69) is 10.3 Å². The number of hydrogen-bond acceptors (Lipinski definition) is 5. The van der Waals surface area contributed by atoms with E-state index in [0.717, 1.165) is 0 Å². The van der Waals surface area contributed by atoms with Gasteiger partial charge in [-0.1, -0.05) is 0 Å². The number of amides is 1. The van der Waals surface area contributed by atoms with Gasteiger partial charge in [-0.05, 0) is 13.8 Å². The molecule has 1 heterocycles. The summed E-state index contributed by atoms with van der Waals surface area (Å²) in [5.41, 5.74) is -0.596. The van der Waals surface area contributed by atoms with Crippen LogP contribution in [-0.2, 0) is 0 Å². The Hall–Kier alpha value is -1.40. The van der Waals surface area contributed by atoms with E-state index >= 15 is 0 Å². The normalized spacial score (nSPS) is 11.5. The smallest absolute Gasteiger partial charge is 0.289 e. The van der Waals surface area contributed by atoms with Gasteiger partial charge in [0, 0.05) is 0 Å². The molecule has 1 amide bonds. The first-order valence-corrected chi connectivity index (χ1v) is 4.47. The highest BCUT2D eigenvalue weighted by Gasteiger charge is 2.27. The Morgan fingerprint density at radius 3 is 2.60 bits per heavy atom. The summed E-state index contributed by atoms with van der Waals surface area (Å²) in [6, 6.07) is 0. The minimum atomic E-state index is -1.06. The minimum absolute atomic E-state index is 0.0862. The maximum atomic E-state index is 11.6. The van der Waals surface area contributed by atoms with E-state index in [1.54, 1.807) is 6.92 Å². The molecule has 6 nitrogen and oxygen atoms in total. The van der Waals surface area contributed by atoms with Crippen molar-refractivity contribution in [1.82, 2.24) is 10.3 Å². The highest BCUT2D eigenvalue weighted by atomic mass is 16.3. The van der Waals surface area contributed by atoms with E-state index in [1.165, 1.54) is 13.3 Å². The summed E-state index contributed by atoms with van der Waals surface area (Å²) in [4.78, 5) is 15.4. The molecule has 0 aliphatic heterocycles. The Labute approximate surface area is 86.9 Å². The van der Waals surface area contributed by atoms with Gasteiger partial charge < -0.3 is 19.9 Å². The maximum Gasteiger partial charge on any atom is 0.289 e. The van der Waals surface area contributed by atoms with Crippen LogP contribution in [0.3, 0.4) is 0 Å². The van der Waals surface area contributed by atoms with Gasteiger partial charge in [0.05, 0.1) is 24.4 Å². The number of aromatic nitrogens is 1. The molecule has 0 radical (unpaired) electrons. The molecule has 1 aromatic heterocycles. The molecule has 0 aliphatic carbocycles. The van der Waals surface area contributed by atoms with E-state index in [9.17, 15) is 4.79 Å². The van der Waals surface area contributed by atoms with Crippen LogP contribution in [0.15, 0.2) is 10.8 Å². The largest absolute Gasteiger partial charge is 0.438 e. The van der Waals surface area contributed by atoms with Crippen molar-refractivity contribution in [2.24, 2.45) is 0 Å². The Morgan fingerprint density at radius 2 is 2.20 bits per heavy atom. The third-order valence-corrected chi connectivity index (χ3v) is 2.07. The van der Waals surface area contributed by atoms with E-state index in [0.29, 0.717) is 5.69 Å². The van der Waals surface area contributed by atoms with Gasteiger partial charge in [-0.25, -0.2) is 4.98 Å². The fourth-order valence-corrected chi connectivity index (χ4v) is 0.980. The van der Waals surface area contributed by atoms with Gasteiger partial charge in [-0.15, -0.1) is 0 Å². The molecule has 0 saturated carbocycles. The average molecular weight is 214 g/mol. The van der Waals surface area contributed by atoms with Crippen molar-refractivity contribution in [3.8, 4) is 0 Å². The van der Waals surface area contributed by atoms with Crippen LogP contribution >= 0.6 is 0 Å². The zero-order valence-electron chi connectivity index (χ0n) is 8.65. The number of nitrogens with zero attached hydrogens (tertiary/aromatic N) is 1. The molecule has 6 heteroatoms. The number of rotatable bonds is 4. The molecule has 0 aliphatic rings. The van der Waals surface area contributed by atoms with Crippen LogP contribution in [0.2, 0.25) is 0 Å². The molecule has 1 rings (SSSR count). The molecule has 1 aromatic rings. The summed E-state index contributed by atoms with van der Waals surface area (Å²) in [6.07, 6.45) is 1.17. The van der Waals surface area contributed by atoms with Gasteiger partial charge in [0.25, 0.3) is 5.91 Å². The number of hydrogen-bond donors (Lipinski definition) is 3. The first kappa shape index (κ1) is 11.7. The molecule has 3 N–H and O–H groups in total. The standard InChI is InChI=1S/C9H14N2O4/c1-6-7(15-5-10-6)8(14)11-9(2,3-12)4-13/h5,12-13H,3-4H2,1-2H3,(H,11,14). The average Bonchev–Trinajstić information content (AvgIpc) is 2.64. The van der Waals surface area contributed by atoms with Crippen LogP contribution in [0.4, 0.5) is 0 Å². The number of carbonyl (C=O) groups excluding carboxylic acids is 1. The van der Waals surface area contributed by atoms with Gasteiger partial charge >= 0.3 is 0 Å². The lowest BCUT2D eigenvalue weighted by Crippen LogP contribution is -2.51. The summed E-state index contributed by atoms with van der Waals surface area (Å²) in [5.74, 6) is -0.418. The van der Waals surface area contributed by atoms with Crippen molar-refractivity contribution < 1.29 is 19.4 Å². The number of aryl methyl sites for hydroxylation is 1. The molecule has 84 valence electrons. The second-order valence-corrected chi connectivity index (χ2v) is 3.60. The molecule has 0 atom stereocenters. The molecule has 0 spiro atoms. The van der Waals surface area contributed by atoms with E-state index < -0.39 is 11.4 Å². The van der Waals surface area contributed by atoms with Crippen LogP contribution in [0, 0.1) is 6.92 Å². The molecule has 0 unspecified atom stereocenters. The second kappa shape index (κ2) is 4.41. The Bertz CT molecular complexity index is 344. The first-order valence-electron chi connectivity index (χ1n) is 4.47. The fraction of sp³-hybridized carbons (Fsp3) is 0.556. The molecule has 0 bridgehead atoms. The Kier molecular flexibility index (Phi) is 3.43. The Balaban J connectivity index is 2.76. The SMILES string of the molecule is Cc1ncoc1C(=O)NC(C)(CO)CO. The molecular formula is C9H14N2O4. The van der Waals surface area contributed by atoms with Gasteiger partial charge in [0.1, 0.15) is 0 Å². The van der Waals surface area contributed by atoms with Gasteiger partial charge in [0.15, 0.2) is 6.39 Å². The summed E-state index contributed by atoms with van der Waals surface area (Å²) in [6.45, 7) is 2.44. The van der Waals surface area contributed by atoms with Crippen molar-refractivity contribution in [3.05, 3.63) is 17.8 Å². The highest BCUT2D eigenvalue weighted by molar-refractivity contribution is 5.92. The number of carbonyl (C=O) groups is 1. The molecule has 0 aromatic carbocycles. The predicted molar refractivity (Wildman–Crippen MR) is 51.3 cm³/mol.